The van der Waals surface area contributed by atoms with Gasteiger partial charge in [-0.1, -0.05) is 54.8 Å². The Hall–Kier alpha value is -1.55. The molecule has 2 aromatic carbocycles. The second-order valence-electron chi connectivity index (χ2n) is 7.81. The number of halogens is 1. The van der Waals surface area contributed by atoms with Crippen LogP contribution in [0.1, 0.15) is 31.2 Å². The van der Waals surface area contributed by atoms with Crippen molar-refractivity contribution in [2.45, 2.75) is 44.4 Å². The van der Waals surface area contributed by atoms with Gasteiger partial charge in [0.2, 0.25) is 0 Å². The van der Waals surface area contributed by atoms with Crippen molar-refractivity contribution in [1.82, 2.24) is 9.80 Å². The summed E-state index contributed by atoms with van der Waals surface area (Å²) in [6.07, 6.45) is 5.65. The number of hydrogen-bond acceptors (Lipinski definition) is 3. The predicted octanol–water partition coefficient (Wildman–Crippen LogP) is 4.85. The molecule has 0 aromatic heterocycles. The minimum atomic E-state index is 0.248. The van der Waals surface area contributed by atoms with Gasteiger partial charge in [-0.05, 0) is 55.8 Å². The van der Waals surface area contributed by atoms with Gasteiger partial charge in [0.05, 0.1) is 6.04 Å². The molecule has 2 saturated heterocycles. The van der Waals surface area contributed by atoms with Crippen molar-refractivity contribution in [1.29, 1.82) is 0 Å². The highest BCUT2D eigenvalue weighted by Crippen LogP contribution is 2.28. The van der Waals surface area contributed by atoms with Gasteiger partial charge in [-0.25, -0.2) is 0 Å². The Kier molecular flexibility index (Phi) is 6.33. The normalized spacial score (nSPS) is 24.2. The lowest BCUT2D eigenvalue weighted by molar-refractivity contribution is -0.0640. The van der Waals surface area contributed by atoms with Gasteiger partial charge in [-0.3, -0.25) is 4.90 Å². The molecule has 4 rings (SSSR count). The number of ether oxygens (including phenoxy) is 1. The second kappa shape index (κ2) is 9.09. The maximum Gasteiger partial charge on any atom is 0.128 e. The monoisotopic (exact) mass is 384 g/mol. The van der Waals surface area contributed by atoms with Gasteiger partial charge >= 0.3 is 0 Å². The number of rotatable bonds is 6. The zero-order valence-electron chi connectivity index (χ0n) is 15.9. The van der Waals surface area contributed by atoms with Crippen LogP contribution in [-0.4, -0.2) is 48.1 Å². The van der Waals surface area contributed by atoms with Crippen LogP contribution in [0.2, 0.25) is 5.02 Å². The van der Waals surface area contributed by atoms with Gasteiger partial charge in [0.15, 0.2) is 0 Å². The smallest absolute Gasteiger partial charge is 0.128 e. The molecule has 2 heterocycles. The first kappa shape index (κ1) is 18.8. The molecular weight excluding hydrogens is 356 g/mol. The van der Waals surface area contributed by atoms with Crippen molar-refractivity contribution in [2.24, 2.45) is 0 Å². The van der Waals surface area contributed by atoms with E-state index in [2.05, 4.69) is 40.1 Å². The maximum atomic E-state index is 6.33. The number of nitrogens with zero attached hydrogens (tertiary/aromatic N) is 2. The molecule has 0 N–H and O–H groups in total. The van der Waals surface area contributed by atoms with E-state index in [1.54, 1.807) is 0 Å². The lowest BCUT2D eigenvalue weighted by Gasteiger charge is -2.49. The number of benzene rings is 2. The maximum absolute atomic E-state index is 6.33. The summed E-state index contributed by atoms with van der Waals surface area (Å²) in [6.45, 7) is 5.54. The van der Waals surface area contributed by atoms with Crippen LogP contribution < -0.4 is 4.74 Å². The lowest BCUT2D eigenvalue weighted by atomic mass is 9.96. The summed E-state index contributed by atoms with van der Waals surface area (Å²) in [6, 6.07) is 19.0. The second-order valence-corrected chi connectivity index (χ2v) is 8.24. The average Bonchev–Trinajstić information content (AvgIpc) is 2.96. The fourth-order valence-corrected chi connectivity index (χ4v) is 4.33. The highest BCUT2D eigenvalue weighted by Gasteiger charge is 2.41. The molecule has 0 bridgehead atoms. The Morgan fingerprint density at radius 1 is 0.889 bits per heavy atom. The van der Waals surface area contributed by atoms with Gasteiger partial charge in [0, 0.05) is 24.7 Å². The molecule has 27 heavy (non-hydrogen) atoms. The highest BCUT2D eigenvalue weighted by molar-refractivity contribution is 6.30. The zero-order valence-corrected chi connectivity index (χ0v) is 16.7. The van der Waals surface area contributed by atoms with E-state index in [4.69, 9.17) is 16.3 Å². The third kappa shape index (κ3) is 5.04. The fourth-order valence-electron chi connectivity index (χ4n) is 4.21. The Morgan fingerprint density at radius 3 is 2.30 bits per heavy atom. The first-order valence-electron chi connectivity index (χ1n) is 10.2. The Bertz CT molecular complexity index is 698. The van der Waals surface area contributed by atoms with Crippen molar-refractivity contribution in [3.8, 4) is 5.75 Å². The Labute approximate surface area is 167 Å². The minimum Gasteiger partial charge on any atom is -0.487 e. The van der Waals surface area contributed by atoms with E-state index in [1.165, 1.54) is 44.3 Å². The number of hydrogen-bond donors (Lipinski definition) is 0. The molecule has 0 radical (unpaired) electrons. The zero-order chi connectivity index (χ0) is 18.5. The van der Waals surface area contributed by atoms with Gasteiger partial charge in [-0.2, -0.15) is 0 Å². The number of likely N-dealkylation sites (tertiary alicyclic amines) is 2. The SMILES string of the molecule is Clc1ccc(O[C@@H]2CN(Cc3ccccc3)[C@@H]2CN2CCCCCC2)cc1. The Morgan fingerprint density at radius 2 is 1.59 bits per heavy atom. The van der Waals surface area contributed by atoms with E-state index in [0.717, 1.165) is 30.4 Å². The van der Waals surface area contributed by atoms with E-state index in [-0.39, 0.29) is 6.10 Å². The minimum absolute atomic E-state index is 0.248. The highest BCUT2D eigenvalue weighted by atomic mass is 35.5. The molecule has 2 atom stereocenters. The molecule has 2 aromatic rings. The van der Waals surface area contributed by atoms with E-state index >= 15 is 0 Å². The molecule has 0 amide bonds. The van der Waals surface area contributed by atoms with Crippen LogP contribution in [0.3, 0.4) is 0 Å². The molecule has 0 aliphatic carbocycles. The van der Waals surface area contributed by atoms with Gasteiger partial charge in [-0.15, -0.1) is 0 Å². The molecule has 0 saturated carbocycles. The third-order valence-corrected chi connectivity index (χ3v) is 6.04. The summed E-state index contributed by atoms with van der Waals surface area (Å²) in [5.74, 6) is 0.921. The van der Waals surface area contributed by atoms with E-state index in [9.17, 15) is 0 Å². The van der Waals surface area contributed by atoms with Crippen LogP contribution in [0.4, 0.5) is 0 Å². The van der Waals surface area contributed by atoms with Gasteiger partial charge < -0.3 is 9.64 Å². The molecule has 2 fully saturated rings. The largest absolute Gasteiger partial charge is 0.487 e. The summed E-state index contributed by atoms with van der Waals surface area (Å²) in [5, 5.41) is 0.753. The van der Waals surface area contributed by atoms with Crippen LogP contribution in [0, 0.1) is 0 Å². The topological polar surface area (TPSA) is 15.7 Å². The van der Waals surface area contributed by atoms with Crippen LogP contribution in [0.5, 0.6) is 5.75 Å². The van der Waals surface area contributed by atoms with Crippen molar-refractivity contribution >= 4 is 11.6 Å². The molecule has 0 spiro atoms. The van der Waals surface area contributed by atoms with Crippen LogP contribution in [-0.2, 0) is 6.54 Å². The van der Waals surface area contributed by atoms with Crippen molar-refractivity contribution in [2.75, 3.05) is 26.2 Å². The van der Waals surface area contributed by atoms with Crippen LogP contribution in [0.25, 0.3) is 0 Å². The van der Waals surface area contributed by atoms with Crippen LogP contribution in [0.15, 0.2) is 54.6 Å². The van der Waals surface area contributed by atoms with Crippen molar-refractivity contribution < 1.29 is 4.74 Å². The van der Waals surface area contributed by atoms with Gasteiger partial charge in [0.25, 0.3) is 0 Å². The molecular formula is C23H29ClN2O. The van der Waals surface area contributed by atoms with Crippen molar-refractivity contribution in [3.63, 3.8) is 0 Å². The molecule has 4 heteroatoms. The molecule has 144 valence electrons. The summed E-state index contributed by atoms with van der Waals surface area (Å²) in [7, 11) is 0. The van der Waals surface area contributed by atoms with Crippen LogP contribution >= 0.6 is 11.6 Å². The molecule has 0 unspecified atom stereocenters. The quantitative estimate of drug-likeness (QED) is 0.708. The van der Waals surface area contributed by atoms with E-state index < -0.39 is 0 Å². The summed E-state index contributed by atoms with van der Waals surface area (Å²) in [5.41, 5.74) is 1.38. The van der Waals surface area contributed by atoms with Crippen molar-refractivity contribution in [3.05, 3.63) is 65.2 Å². The first-order chi connectivity index (χ1) is 13.3. The third-order valence-electron chi connectivity index (χ3n) is 5.79. The summed E-state index contributed by atoms with van der Waals surface area (Å²) < 4.78 is 6.33. The molecule has 3 nitrogen and oxygen atoms in total. The molecule has 2 aliphatic rings. The first-order valence-corrected chi connectivity index (χ1v) is 10.6. The lowest BCUT2D eigenvalue weighted by Crippen LogP contribution is -2.65. The fraction of sp³-hybridized carbons (Fsp3) is 0.478. The predicted molar refractivity (Wildman–Crippen MR) is 111 cm³/mol. The average molecular weight is 385 g/mol. The van der Waals surface area contributed by atoms with Gasteiger partial charge in [0.1, 0.15) is 11.9 Å². The van der Waals surface area contributed by atoms with E-state index in [0.29, 0.717) is 6.04 Å². The molecule has 2 aliphatic heterocycles. The van der Waals surface area contributed by atoms with E-state index in [1.807, 2.05) is 24.3 Å². The Balaban J connectivity index is 1.42. The summed E-state index contributed by atoms with van der Waals surface area (Å²) in [4.78, 5) is 5.22. The summed E-state index contributed by atoms with van der Waals surface area (Å²) >= 11 is 6.01. The standard InChI is InChI=1S/C23H29ClN2O/c24-20-10-12-21(13-11-20)27-23-18-26(16-19-8-4-3-5-9-19)22(23)17-25-14-6-1-2-7-15-25/h3-5,8-13,22-23H,1-2,6-7,14-18H2/t22-,23-/m1/s1.